The van der Waals surface area contributed by atoms with Crippen molar-refractivity contribution in [2.75, 3.05) is 7.11 Å². The standard InChI is InChI=1S/C7H13NO2.ClH/c1-5-3-4-6(8-5)7(9)10-2;/h5-6,8H,3-4H2,1-2H3;1H. The highest BCUT2D eigenvalue weighted by molar-refractivity contribution is 5.74. The molecule has 66 valence electrons. The molecule has 3 nitrogen and oxygen atoms in total. The average molecular weight is 180 g/mol. The lowest BCUT2D eigenvalue weighted by Crippen LogP contribution is -3.00. The minimum absolute atomic E-state index is 0. The first-order valence-corrected chi connectivity index (χ1v) is 3.67. The van der Waals surface area contributed by atoms with Gasteiger partial charge in [-0.3, -0.25) is 0 Å². The number of carbonyl (C=O) groups is 1. The summed E-state index contributed by atoms with van der Waals surface area (Å²) in [5.74, 6) is -0.0793. The molecule has 2 N–H and O–H groups in total. The van der Waals surface area contributed by atoms with Crippen molar-refractivity contribution in [1.82, 2.24) is 0 Å². The predicted octanol–water partition coefficient (Wildman–Crippen LogP) is -3.72. The Bertz CT molecular complexity index is 140. The van der Waals surface area contributed by atoms with E-state index in [9.17, 15) is 4.79 Å². The van der Waals surface area contributed by atoms with Gasteiger partial charge in [0.25, 0.3) is 0 Å². The molecule has 0 aromatic carbocycles. The van der Waals surface area contributed by atoms with E-state index in [1.807, 2.05) is 0 Å². The third kappa shape index (κ3) is 2.67. The van der Waals surface area contributed by atoms with E-state index in [0.29, 0.717) is 6.04 Å². The van der Waals surface area contributed by atoms with Crippen LogP contribution in [0.5, 0.6) is 0 Å². The third-order valence-electron chi connectivity index (χ3n) is 2.00. The quantitative estimate of drug-likeness (QED) is 0.421. The van der Waals surface area contributed by atoms with Gasteiger partial charge in [-0.1, -0.05) is 0 Å². The van der Waals surface area contributed by atoms with Gasteiger partial charge >= 0.3 is 5.97 Å². The van der Waals surface area contributed by atoms with E-state index in [-0.39, 0.29) is 24.4 Å². The van der Waals surface area contributed by atoms with Crippen LogP contribution in [0.3, 0.4) is 0 Å². The summed E-state index contributed by atoms with van der Waals surface area (Å²) in [5.41, 5.74) is 0. The van der Waals surface area contributed by atoms with Gasteiger partial charge in [-0.2, -0.15) is 0 Å². The van der Waals surface area contributed by atoms with E-state index in [1.165, 1.54) is 7.11 Å². The Morgan fingerprint density at radius 3 is 2.55 bits per heavy atom. The molecule has 0 amide bonds. The molecule has 1 fully saturated rings. The second-order valence-electron chi connectivity index (χ2n) is 2.88. The van der Waals surface area contributed by atoms with E-state index in [2.05, 4.69) is 17.0 Å². The maximum absolute atomic E-state index is 10.9. The SMILES string of the molecule is COC(=O)C1CCC(C)[NH2+]1.[Cl-]. The average Bonchev–Trinajstić information content (AvgIpc) is 2.34. The summed E-state index contributed by atoms with van der Waals surface area (Å²) < 4.78 is 4.61. The van der Waals surface area contributed by atoms with E-state index in [1.54, 1.807) is 0 Å². The summed E-state index contributed by atoms with van der Waals surface area (Å²) in [4.78, 5) is 10.9. The van der Waals surface area contributed by atoms with Crippen molar-refractivity contribution in [3.05, 3.63) is 0 Å². The molecule has 0 saturated carbocycles. The zero-order valence-corrected chi connectivity index (χ0v) is 7.60. The second-order valence-corrected chi connectivity index (χ2v) is 2.88. The molecule has 0 aromatic heterocycles. The van der Waals surface area contributed by atoms with Gasteiger partial charge in [-0.15, -0.1) is 0 Å². The molecule has 2 unspecified atom stereocenters. The van der Waals surface area contributed by atoms with Crippen LogP contribution in [0, 0.1) is 0 Å². The molecule has 1 aliphatic heterocycles. The topological polar surface area (TPSA) is 42.9 Å². The molecule has 0 aromatic rings. The van der Waals surface area contributed by atoms with Crippen LogP contribution < -0.4 is 17.7 Å². The molecule has 11 heavy (non-hydrogen) atoms. The molecule has 1 aliphatic rings. The number of nitrogens with two attached hydrogens (primary N) is 1. The normalized spacial score (nSPS) is 29.3. The minimum atomic E-state index is -0.0793. The molecule has 4 heteroatoms. The molecular formula is C7H14ClNO2. The number of rotatable bonds is 1. The Morgan fingerprint density at radius 1 is 1.55 bits per heavy atom. The molecule has 0 radical (unpaired) electrons. The lowest BCUT2D eigenvalue weighted by Gasteiger charge is -2.04. The van der Waals surface area contributed by atoms with Crippen LogP contribution in [-0.2, 0) is 9.53 Å². The first-order chi connectivity index (χ1) is 4.74. The Kier molecular flexibility index (Phi) is 4.45. The van der Waals surface area contributed by atoms with Gasteiger partial charge in [0.15, 0.2) is 6.04 Å². The molecule has 1 heterocycles. The molecule has 0 spiro atoms. The Morgan fingerprint density at radius 2 is 2.18 bits per heavy atom. The van der Waals surface area contributed by atoms with E-state index < -0.39 is 0 Å². The molecule has 0 bridgehead atoms. The van der Waals surface area contributed by atoms with Gasteiger partial charge in [0.1, 0.15) is 0 Å². The van der Waals surface area contributed by atoms with Gasteiger partial charge < -0.3 is 22.5 Å². The summed E-state index contributed by atoms with van der Waals surface area (Å²) in [5, 5.41) is 2.08. The summed E-state index contributed by atoms with van der Waals surface area (Å²) in [6.45, 7) is 2.13. The van der Waals surface area contributed by atoms with Crippen molar-refractivity contribution in [2.45, 2.75) is 31.8 Å². The fraction of sp³-hybridized carbons (Fsp3) is 0.857. The lowest BCUT2D eigenvalue weighted by molar-refractivity contribution is -0.688. The van der Waals surface area contributed by atoms with Crippen molar-refractivity contribution in [2.24, 2.45) is 0 Å². The summed E-state index contributed by atoms with van der Waals surface area (Å²) >= 11 is 0. The summed E-state index contributed by atoms with van der Waals surface area (Å²) in [7, 11) is 1.44. The molecule has 0 aliphatic carbocycles. The number of esters is 1. The van der Waals surface area contributed by atoms with Gasteiger partial charge in [-0.05, 0) is 6.92 Å². The van der Waals surface area contributed by atoms with Gasteiger partial charge in [0.05, 0.1) is 13.2 Å². The fourth-order valence-corrected chi connectivity index (χ4v) is 1.38. The van der Waals surface area contributed by atoms with E-state index in [4.69, 9.17) is 0 Å². The van der Waals surface area contributed by atoms with E-state index in [0.717, 1.165) is 12.8 Å². The second kappa shape index (κ2) is 4.57. The maximum atomic E-state index is 10.9. The van der Waals surface area contributed by atoms with Crippen molar-refractivity contribution >= 4 is 5.97 Å². The third-order valence-corrected chi connectivity index (χ3v) is 2.00. The number of carbonyl (C=O) groups excluding carboxylic acids is 1. The van der Waals surface area contributed by atoms with E-state index >= 15 is 0 Å². The molecule has 2 atom stereocenters. The van der Waals surface area contributed by atoms with Crippen molar-refractivity contribution < 1.29 is 27.3 Å². The summed E-state index contributed by atoms with van der Waals surface area (Å²) in [6.07, 6.45) is 2.09. The maximum Gasteiger partial charge on any atom is 0.364 e. The lowest BCUT2D eigenvalue weighted by atomic mass is 10.2. The smallest absolute Gasteiger partial charge is 0.364 e. The molecule has 1 saturated heterocycles. The van der Waals surface area contributed by atoms with Crippen LogP contribution in [0.1, 0.15) is 19.8 Å². The first-order valence-electron chi connectivity index (χ1n) is 3.67. The van der Waals surface area contributed by atoms with Gasteiger partial charge in [-0.25, -0.2) is 4.79 Å². The first kappa shape index (κ1) is 10.7. The highest BCUT2D eigenvalue weighted by atomic mass is 35.5. The van der Waals surface area contributed by atoms with Crippen LogP contribution in [0.4, 0.5) is 0 Å². The zero-order chi connectivity index (χ0) is 7.56. The fourth-order valence-electron chi connectivity index (χ4n) is 1.38. The van der Waals surface area contributed by atoms with Crippen molar-refractivity contribution in [3.8, 4) is 0 Å². The monoisotopic (exact) mass is 179 g/mol. The number of hydrogen-bond donors (Lipinski definition) is 1. The molecular weight excluding hydrogens is 166 g/mol. The highest BCUT2D eigenvalue weighted by Gasteiger charge is 2.31. The highest BCUT2D eigenvalue weighted by Crippen LogP contribution is 2.04. The number of halogens is 1. The Balaban J connectivity index is 0.000001000. The predicted molar refractivity (Wildman–Crippen MR) is 36.4 cm³/mol. The van der Waals surface area contributed by atoms with Crippen molar-refractivity contribution in [1.29, 1.82) is 0 Å². The molecule has 1 rings (SSSR count). The van der Waals surface area contributed by atoms with Gasteiger partial charge in [0, 0.05) is 12.8 Å². The number of methoxy groups -OCH3 is 1. The number of hydrogen-bond acceptors (Lipinski definition) is 2. The van der Waals surface area contributed by atoms with Crippen LogP contribution in [0.15, 0.2) is 0 Å². The van der Waals surface area contributed by atoms with Crippen LogP contribution >= 0.6 is 0 Å². The number of quaternary nitrogens is 1. The minimum Gasteiger partial charge on any atom is -1.00 e. The number of ether oxygens (including phenoxy) is 1. The Labute approximate surface area is 72.9 Å². The Hall–Kier alpha value is -0.280. The van der Waals surface area contributed by atoms with Crippen LogP contribution in [0.2, 0.25) is 0 Å². The summed E-state index contributed by atoms with van der Waals surface area (Å²) in [6, 6.07) is 0.657. The van der Waals surface area contributed by atoms with Crippen molar-refractivity contribution in [3.63, 3.8) is 0 Å². The largest absolute Gasteiger partial charge is 1.00 e. The van der Waals surface area contributed by atoms with Crippen LogP contribution in [0.25, 0.3) is 0 Å². The van der Waals surface area contributed by atoms with Gasteiger partial charge in [0.2, 0.25) is 0 Å². The zero-order valence-electron chi connectivity index (χ0n) is 6.84. The van der Waals surface area contributed by atoms with Crippen LogP contribution in [-0.4, -0.2) is 25.2 Å².